The first-order valence-corrected chi connectivity index (χ1v) is 13.5. The molecule has 0 aliphatic carbocycles. The molecule has 0 atom stereocenters. The third kappa shape index (κ3) is 6.75. The molecule has 212 valence electrons. The summed E-state index contributed by atoms with van der Waals surface area (Å²) in [5.74, 6) is -4.42. The van der Waals surface area contributed by atoms with Crippen LogP contribution >= 0.6 is 10.6 Å². The summed E-state index contributed by atoms with van der Waals surface area (Å²) < 4.78 is 35.6. The zero-order valence-electron chi connectivity index (χ0n) is 22.4. The fraction of sp³-hybridized carbons (Fsp3) is 0.400. The zero-order valence-corrected chi connectivity index (χ0v) is 23.2. The van der Waals surface area contributed by atoms with E-state index in [1.165, 1.54) is 14.2 Å². The summed E-state index contributed by atoms with van der Waals surface area (Å²) in [6.45, 7) is 8.97. The Bertz CT molecular complexity index is 1230. The predicted molar refractivity (Wildman–Crippen MR) is 141 cm³/mol. The van der Waals surface area contributed by atoms with Crippen LogP contribution in [-0.2, 0) is 22.7 Å². The molecule has 0 radical (unpaired) electrons. The van der Waals surface area contributed by atoms with Crippen LogP contribution in [0.25, 0.3) is 0 Å². The quantitative estimate of drug-likeness (QED) is 0.460. The third-order valence-electron chi connectivity index (χ3n) is 5.68. The van der Waals surface area contributed by atoms with Gasteiger partial charge in [-0.05, 0) is 44.4 Å². The lowest BCUT2D eigenvalue weighted by Gasteiger charge is -2.34. The van der Waals surface area contributed by atoms with Crippen LogP contribution in [0.2, 0.25) is 0 Å². The Kier molecular flexibility index (Phi) is 9.35. The maximum absolute atomic E-state index is 14.7. The summed E-state index contributed by atoms with van der Waals surface area (Å²) in [6.07, 6.45) is 1.69. The molecule has 3 rings (SSSR count). The van der Waals surface area contributed by atoms with Crippen LogP contribution in [0.15, 0.2) is 40.4 Å². The largest absolute Gasteiger partial charge is 0.493 e. The van der Waals surface area contributed by atoms with Gasteiger partial charge in [0.15, 0.2) is 11.5 Å². The second kappa shape index (κ2) is 12.3. The maximum Gasteiger partial charge on any atom is 0.354 e. The van der Waals surface area contributed by atoms with Crippen molar-refractivity contribution in [3.05, 3.63) is 46.8 Å². The van der Waals surface area contributed by atoms with Gasteiger partial charge in [-0.15, -0.1) is 0 Å². The number of hydrogen-bond acceptors (Lipinski definition) is 10. The lowest BCUT2D eigenvalue weighted by molar-refractivity contribution is -0.129. The minimum atomic E-state index is -3.50. The molecule has 2 aliphatic rings. The van der Waals surface area contributed by atoms with Crippen LogP contribution in [0.1, 0.15) is 38.1 Å². The number of rotatable bonds is 9. The Morgan fingerprint density at radius 2 is 1.56 bits per heavy atom. The molecule has 14 heteroatoms. The molecule has 2 heterocycles. The molecule has 2 aliphatic heterocycles. The van der Waals surface area contributed by atoms with Crippen LogP contribution in [0.3, 0.4) is 0 Å². The van der Waals surface area contributed by atoms with Gasteiger partial charge in [-0.1, -0.05) is 0 Å². The van der Waals surface area contributed by atoms with Crippen LogP contribution < -0.4 is 20.1 Å². The van der Waals surface area contributed by atoms with Crippen molar-refractivity contribution in [2.75, 3.05) is 27.3 Å². The molecule has 2 N–H and O–H groups in total. The summed E-state index contributed by atoms with van der Waals surface area (Å²) in [5.41, 5.74) is -0.717. The van der Waals surface area contributed by atoms with Crippen molar-refractivity contribution in [3.63, 3.8) is 0 Å². The Morgan fingerprint density at radius 3 is 2.10 bits per heavy atom. The standard InChI is InChI=1S/C25H31FN4O8S/c1-14(2)30(15(3)4)10-9-27-24(34)18-13-39(37-21(31)7-8-22(32)38-39)25(28-18)29-23(33)16-11-19(35-5)20(36-6)12-17(16)26/h7-8,11-15H,9-10H2,1-6H3,(H,27,34)(H,28,29,33). The van der Waals surface area contributed by atoms with E-state index in [0.29, 0.717) is 6.54 Å². The molecule has 12 nitrogen and oxygen atoms in total. The van der Waals surface area contributed by atoms with Gasteiger partial charge in [-0.25, -0.2) is 19.0 Å². The second-order valence-electron chi connectivity index (χ2n) is 8.93. The summed E-state index contributed by atoms with van der Waals surface area (Å²) in [4.78, 5) is 56.8. The summed E-state index contributed by atoms with van der Waals surface area (Å²) >= 11 is 0. The topological polar surface area (TPSA) is 145 Å². The lowest BCUT2D eigenvalue weighted by Crippen LogP contribution is -2.42. The van der Waals surface area contributed by atoms with Crippen molar-refractivity contribution in [2.45, 2.75) is 39.8 Å². The van der Waals surface area contributed by atoms with E-state index in [-0.39, 0.29) is 35.8 Å². The van der Waals surface area contributed by atoms with Crippen LogP contribution in [0, 0.1) is 5.82 Å². The highest BCUT2D eigenvalue weighted by Crippen LogP contribution is 2.58. The van der Waals surface area contributed by atoms with Crippen molar-refractivity contribution in [1.29, 1.82) is 0 Å². The van der Waals surface area contributed by atoms with Crippen molar-refractivity contribution in [3.8, 4) is 11.5 Å². The third-order valence-corrected chi connectivity index (χ3v) is 7.77. The average molecular weight is 567 g/mol. The number of hydrogen-bond donors (Lipinski definition) is 2. The van der Waals surface area contributed by atoms with Gasteiger partial charge in [0.2, 0.25) is 5.17 Å². The monoisotopic (exact) mass is 566 g/mol. The van der Waals surface area contributed by atoms with Gasteiger partial charge in [0.25, 0.3) is 11.8 Å². The Balaban J connectivity index is 1.89. The molecule has 0 aromatic heterocycles. The highest BCUT2D eigenvalue weighted by molar-refractivity contribution is 8.41. The van der Waals surface area contributed by atoms with E-state index >= 15 is 0 Å². The number of carbonyl (C=O) groups excluding carboxylic acids is 4. The first-order valence-electron chi connectivity index (χ1n) is 12.0. The van der Waals surface area contributed by atoms with Gasteiger partial charge in [0, 0.05) is 43.4 Å². The fourth-order valence-corrected chi connectivity index (χ4v) is 5.79. The van der Waals surface area contributed by atoms with E-state index in [1.807, 2.05) is 27.7 Å². The molecule has 0 saturated heterocycles. The number of carbonyl (C=O) groups is 4. The van der Waals surface area contributed by atoms with Crippen LogP contribution in [-0.4, -0.2) is 73.2 Å². The molecule has 2 amide bonds. The van der Waals surface area contributed by atoms with Gasteiger partial charge < -0.3 is 23.2 Å². The Morgan fingerprint density at radius 1 is 1.00 bits per heavy atom. The van der Waals surface area contributed by atoms with Gasteiger partial charge in [0.05, 0.1) is 25.2 Å². The molecule has 1 aromatic carbocycles. The van der Waals surface area contributed by atoms with E-state index in [0.717, 1.165) is 29.7 Å². The number of amidine groups is 1. The normalized spacial score (nSPS) is 16.9. The van der Waals surface area contributed by atoms with E-state index in [2.05, 4.69) is 20.5 Å². The number of ether oxygens (including phenoxy) is 2. The molecule has 1 spiro atoms. The van der Waals surface area contributed by atoms with Crippen molar-refractivity contribution in [1.82, 2.24) is 15.5 Å². The number of methoxy groups -OCH3 is 2. The average Bonchev–Trinajstić information content (AvgIpc) is 3.12. The fourth-order valence-electron chi connectivity index (χ4n) is 3.88. The minimum absolute atomic E-state index is 0.0543. The van der Waals surface area contributed by atoms with Crippen LogP contribution in [0.4, 0.5) is 4.39 Å². The second-order valence-corrected chi connectivity index (χ2v) is 11.0. The molecule has 0 unspecified atom stereocenters. The maximum atomic E-state index is 14.7. The van der Waals surface area contributed by atoms with Crippen molar-refractivity contribution in [2.24, 2.45) is 4.99 Å². The van der Waals surface area contributed by atoms with Crippen molar-refractivity contribution < 1.29 is 41.4 Å². The lowest BCUT2D eigenvalue weighted by atomic mass is 10.1. The Hall–Kier alpha value is -3.91. The van der Waals surface area contributed by atoms with E-state index in [4.69, 9.17) is 17.8 Å². The van der Waals surface area contributed by atoms with Gasteiger partial charge in [-0.2, -0.15) is 0 Å². The number of nitrogens with zero attached hydrogens (tertiary/aromatic N) is 2. The molecule has 0 fully saturated rings. The highest BCUT2D eigenvalue weighted by atomic mass is 32.3. The van der Waals surface area contributed by atoms with E-state index < -0.39 is 50.9 Å². The number of nitrogens with one attached hydrogen (secondary N) is 2. The minimum Gasteiger partial charge on any atom is -0.493 e. The first kappa shape index (κ1) is 29.6. The Labute approximate surface area is 226 Å². The molecule has 0 saturated carbocycles. The SMILES string of the molecule is COc1cc(F)c(C(=O)NC2=NC(C(=O)NCCN(C(C)C)C(C)C)=CS23OC(=O)C=CC(=O)O3)cc1OC. The number of benzene rings is 1. The van der Waals surface area contributed by atoms with E-state index in [1.54, 1.807) is 0 Å². The molecule has 1 aromatic rings. The highest BCUT2D eigenvalue weighted by Gasteiger charge is 2.42. The summed E-state index contributed by atoms with van der Waals surface area (Å²) in [6, 6.07) is 2.55. The number of halogens is 1. The van der Waals surface area contributed by atoms with E-state index in [9.17, 15) is 23.6 Å². The molecule has 39 heavy (non-hydrogen) atoms. The van der Waals surface area contributed by atoms with Gasteiger partial charge >= 0.3 is 11.9 Å². The summed E-state index contributed by atoms with van der Waals surface area (Å²) in [5, 5.41) is 5.69. The van der Waals surface area contributed by atoms with Gasteiger partial charge in [0.1, 0.15) is 11.5 Å². The zero-order chi connectivity index (χ0) is 28.9. The molecular formula is C25H31FN4O8S. The molecular weight excluding hydrogens is 535 g/mol. The van der Waals surface area contributed by atoms with Crippen LogP contribution in [0.5, 0.6) is 11.5 Å². The number of aliphatic imine (C=N–C) groups is 1. The van der Waals surface area contributed by atoms with Crippen molar-refractivity contribution >= 4 is 39.5 Å². The first-order chi connectivity index (χ1) is 18.4. The number of amides is 2. The molecule has 0 bridgehead atoms. The van der Waals surface area contributed by atoms with Gasteiger partial charge in [-0.3, -0.25) is 19.8 Å². The smallest absolute Gasteiger partial charge is 0.354 e. The predicted octanol–water partition coefficient (Wildman–Crippen LogP) is 2.31. The summed E-state index contributed by atoms with van der Waals surface area (Å²) in [7, 11) is -0.882.